The molecule has 1 aromatic heterocycles. The van der Waals surface area contributed by atoms with E-state index in [1.807, 2.05) is 28.9 Å². The summed E-state index contributed by atoms with van der Waals surface area (Å²) in [4.78, 5) is 0. The van der Waals surface area contributed by atoms with Gasteiger partial charge in [-0.3, -0.25) is 0 Å². The van der Waals surface area contributed by atoms with Crippen molar-refractivity contribution in [1.82, 2.24) is 9.78 Å². The molecular formula is C12H14BrN3. The topological polar surface area (TPSA) is 43.8 Å². The Kier molecular flexibility index (Phi) is 3.41. The molecule has 0 bridgehead atoms. The van der Waals surface area contributed by atoms with Gasteiger partial charge in [0, 0.05) is 16.7 Å². The largest absolute Gasteiger partial charge is 0.325 e. The summed E-state index contributed by atoms with van der Waals surface area (Å²) in [6.45, 7) is 2.60. The number of benzene rings is 1. The lowest BCUT2D eigenvalue weighted by atomic mass is 10.2. The van der Waals surface area contributed by atoms with Crippen molar-refractivity contribution in [2.45, 2.75) is 19.9 Å². The molecule has 0 amide bonds. The molecule has 0 spiro atoms. The molecule has 0 saturated carbocycles. The summed E-state index contributed by atoms with van der Waals surface area (Å²) in [7, 11) is 0. The van der Waals surface area contributed by atoms with Gasteiger partial charge < -0.3 is 5.73 Å². The quantitative estimate of drug-likeness (QED) is 0.939. The molecule has 84 valence electrons. The van der Waals surface area contributed by atoms with Gasteiger partial charge in [0.05, 0.1) is 11.4 Å². The zero-order chi connectivity index (χ0) is 11.5. The van der Waals surface area contributed by atoms with Crippen LogP contribution in [0.15, 0.2) is 34.8 Å². The molecule has 16 heavy (non-hydrogen) atoms. The van der Waals surface area contributed by atoms with Crippen molar-refractivity contribution in [3.63, 3.8) is 0 Å². The average molecular weight is 280 g/mol. The Morgan fingerprint density at radius 3 is 2.81 bits per heavy atom. The Hall–Kier alpha value is -1.13. The van der Waals surface area contributed by atoms with Crippen molar-refractivity contribution >= 4 is 15.9 Å². The summed E-state index contributed by atoms with van der Waals surface area (Å²) in [5.41, 5.74) is 8.78. The molecule has 0 aliphatic heterocycles. The molecular weight excluding hydrogens is 266 g/mol. The molecule has 0 aliphatic rings. The highest BCUT2D eigenvalue weighted by molar-refractivity contribution is 9.10. The van der Waals surface area contributed by atoms with Crippen LogP contribution in [0.4, 0.5) is 0 Å². The fraction of sp³-hybridized carbons (Fsp3) is 0.250. The second-order valence-corrected chi connectivity index (χ2v) is 4.49. The molecule has 0 radical (unpaired) electrons. The van der Waals surface area contributed by atoms with E-state index in [1.54, 1.807) is 0 Å². The second-order valence-electron chi connectivity index (χ2n) is 3.58. The van der Waals surface area contributed by atoms with E-state index >= 15 is 0 Å². The third kappa shape index (κ3) is 2.18. The maximum absolute atomic E-state index is 5.61. The van der Waals surface area contributed by atoms with E-state index in [-0.39, 0.29) is 0 Å². The van der Waals surface area contributed by atoms with Crippen LogP contribution in [-0.4, -0.2) is 9.78 Å². The fourth-order valence-corrected chi connectivity index (χ4v) is 2.05. The van der Waals surface area contributed by atoms with E-state index in [4.69, 9.17) is 5.73 Å². The molecule has 3 nitrogen and oxygen atoms in total. The van der Waals surface area contributed by atoms with Crippen LogP contribution < -0.4 is 5.73 Å². The SMILES string of the molecule is CCc1cc(CN)nn1-c1cccc(Br)c1. The summed E-state index contributed by atoms with van der Waals surface area (Å²) >= 11 is 3.46. The van der Waals surface area contributed by atoms with Crippen LogP contribution in [0.1, 0.15) is 18.3 Å². The van der Waals surface area contributed by atoms with Crippen LogP contribution in [0, 0.1) is 0 Å². The first-order chi connectivity index (χ1) is 7.74. The van der Waals surface area contributed by atoms with Crippen LogP contribution in [0.25, 0.3) is 5.69 Å². The van der Waals surface area contributed by atoms with Crippen molar-refractivity contribution < 1.29 is 0 Å². The molecule has 0 aliphatic carbocycles. The van der Waals surface area contributed by atoms with Crippen molar-refractivity contribution in [3.05, 3.63) is 46.2 Å². The molecule has 4 heteroatoms. The lowest BCUT2D eigenvalue weighted by Crippen LogP contribution is -2.02. The molecule has 1 aromatic carbocycles. The fourth-order valence-electron chi connectivity index (χ4n) is 1.66. The third-order valence-corrected chi connectivity index (χ3v) is 2.95. The molecule has 0 atom stereocenters. The minimum Gasteiger partial charge on any atom is -0.325 e. The van der Waals surface area contributed by atoms with E-state index in [0.717, 1.165) is 22.3 Å². The van der Waals surface area contributed by atoms with Crippen LogP contribution in [0.3, 0.4) is 0 Å². The van der Waals surface area contributed by atoms with E-state index in [1.165, 1.54) is 5.69 Å². The van der Waals surface area contributed by atoms with E-state index in [9.17, 15) is 0 Å². The lowest BCUT2D eigenvalue weighted by molar-refractivity contribution is 0.790. The Balaban J connectivity index is 2.50. The summed E-state index contributed by atoms with van der Waals surface area (Å²) < 4.78 is 3.00. The molecule has 1 heterocycles. The minimum atomic E-state index is 0.480. The number of hydrogen-bond acceptors (Lipinski definition) is 2. The monoisotopic (exact) mass is 279 g/mol. The Labute approximate surface area is 103 Å². The Bertz CT molecular complexity index is 491. The minimum absolute atomic E-state index is 0.480. The van der Waals surface area contributed by atoms with Crippen LogP contribution in [0.5, 0.6) is 0 Å². The van der Waals surface area contributed by atoms with Crippen molar-refractivity contribution in [1.29, 1.82) is 0 Å². The highest BCUT2D eigenvalue weighted by Gasteiger charge is 2.07. The zero-order valence-electron chi connectivity index (χ0n) is 9.15. The van der Waals surface area contributed by atoms with Crippen molar-refractivity contribution in [2.24, 2.45) is 5.73 Å². The highest BCUT2D eigenvalue weighted by atomic mass is 79.9. The van der Waals surface area contributed by atoms with Crippen LogP contribution in [0.2, 0.25) is 0 Å². The number of halogens is 1. The smallest absolute Gasteiger partial charge is 0.0767 e. The number of hydrogen-bond donors (Lipinski definition) is 1. The number of aryl methyl sites for hydroxylation is 1. The number of rotatable bonds is 3. The Morgan fingerprint density at radius 2 is 2.19 bits per heavy atom. The summed E-state index contributed by atoms with van der Waals surface area (Å²) in [5.74, 6) is 0. The first-order valence-electron chi connectivity index (χ1n) is 5.28. The van der Waals surface area contributed by atoms with Gasteiger partial charge in [0.1, 0.15) is 0 Å². The number of aromatic nitrogens is 2. The summed E-state index contributed by atoms with van der Waals surface area (Å²) in [6, 6.07) is 10.1. The van der Waals surface area contributed by atoms with E-state index < -0.39 is 0 Å². The van der Waals surface area contributed by atoms with Gasteiger partial charge in [-0.15, -0.1) is 0 Å². The van der Waals surface area contributed by atoms with Crippen LogP contribution >= 0.6 is 15.9 Å². The molecule has 2 aromatic rings. The summed E-state index contributed by atoms with van der Waals surface area (Å²) in [5, 5.41) is 4.48. The molecule has 0 fully saturated rings. The number of nitrogens with zero attached hydrogens (tertiary/aromatic N) is 2. The van der Waals surface area contributed by atoms with E-state index in [2.05, 4.69) is 34.0 Å². The van der Waals surface area contributed by atoms with Gasteiger partial charge in [-0.2, -0.15) is 5.10 Å². The molecule has 0 saturated heterocycles. The maximum atomic E-state index is 5.61. The maximum Gasteiger partial charge on any atom is 0.0767 e. The molecule has 0 unspecified atom stereocenters. The van der Waals surface area contributed by atoms with Gasteiger partial charge >= 0.3 is 0 Å². The third-order valence-electron chi connectivity index (χ3n) is 2.46. The second kappa shape index (κ2) is 4.80. The normalized spacial score (nSPS) is 10.7. The van der Waals surface area contributed by atoms with Gasteiger partial charge in [0.25, 0.3) is 0 Å². The van der Waals surface area contributed by atoms with Gasteiger partial charge in [0.2, 0.25) is 0 Å². The first-order valence-corrected chi connectivity index (χ1v) is 6.07. The zero-order valence-corrected chi connectivity index (χ0v) is 10.7. The van der Waals surface area contributed by atoms with Crippen molar-refractivity contribution in [2.75, 3.05) is 0 Å². The predicted octanol–water partition coefficient (Wildman–Crippen LogP) is 2.66. The van der Waals surface area contributed by atoms with Gasteiger partial charge in [-0.25, -0.2) is 4.68 Å². The average Bonchev–Trinajstić information content (AvgIpc) is 2.72. The standard InChI is InChI=1S/C12H14BrN3/c1-2-11-7-10(8-14)15-16(11)12-5-3-4-9(13)6-12/h3-7H,2,8,14H2,1H3. The molecule has 2 rings (SSSR count). The Morgan fingerprint density at radius 1 is 1.38 bits per heavy atom. The van der Waals surface area contributed by atoms with Gasteiger partial charge in [-0.1, -0.05) is 28.9 Å². The first kappa shape index (κ1) is 11.4. The predicted molar refractivity (Wildman–Crippen MR) is 68.5 cm³/mol. The number of nitrogens with two attached hydrogens (primary N) is 1. The molecule has 2 N–H and O–H groups in total. The van der Waals surface area contributed by atoms with Gasteiger partial charge in [0.15, 0.2) is 0 Å². The lowest BCUT2D eigenvalue weighted by Gasteiger charge is -2.05. The van der Waals surface area contributed by atoms with E-state index in [0.29, 0.717) is 6.54 Å². The highest BCUT2D eigenvalue weighted by Crippen LogP contribution is 2.17. The van der Waals surface area contributed by atoms with Crippen molar-refractivity contribution in [3.8, 4) is 5.69 Å². The van der Waals surface area contributed by atoms with Gasteiger partial charge in [-0.05, 0) is 30.7 Å². The van der Waals surface area contributed by atoms with Crippen LogP contribution in [-0.2, 0) is 13.0 Å². The summed E-state index contributed by atoms with van der Waals surface area (Å²) in [6.07, 6.45) is 0.944.